The molecule has 1 aromatic rings. The van der Waals surface area contributed by atoms with Crippen molar-refractivity contribution in [3.05, 3.63) is 32.1 Å². The summed E-state index contributed by atoms with van der Waals surface area (Å²) in [5.41, 5.74) is 0.153. The molecule has 0 heterocycles. The Morgan fingerprint density at radius 1 is 1.50 bits per heavy atom. The molecule has 0 N–H and O–H groups in total. The van der Waals surface area contributed by atoms with Crippen molar-refractivity contribution in [3.8, 4) is 0 Å². The second-order valence-electron chi connectivity index (χ2n) is 2.02. The maximum absolute atomic E-state index is 12.6. The molecule has 0 aromatic heterocycles. The number of carbonyl (C=O) groups excluding carboxylic acids is 1. The summed E-state index contributed by atoms with van der Waals surface area (Å²) in [4.78, 5) is 10.8. The number of halogens is 4. The topological polar surface area (TPSA) is 17.1 Å². The molecule has 5 heteroatoms. The fraction of sp³-hybridized carbons (Fsp3) is 0. The molecule has 0 saturated carbocycles. The highest BCUT2D eigenvalue weighted by Gasteiger charge is 2.13. The molecule has 64 valence electrons. The molecule has 0 fully saturated rings. The first-order valence-electron chi connectivity index (χ1n) is 2.86. The van der Waals surface area contributed by atoms with Crippen LogP contribution in [0, 0.1) is 9.39 Å². The zero-order valence-electron chi connectivity index (χ0n) is 5.57. The second-order valence-corrected chi connectivity index (χ2v) is 3.93. The molecular formula is C7H2Cl2FIO. The Labute approximate surface area is 92.0 Å². The number of hydrogen-bond donors (Lipinski definition) is 0. The molecular weight excluding hydrogens is 317 g/mol. The average Bonchev–Trinajstić information content (AvgIpc) is 1.82. The zero-order valence-corrected chi connectivity index (χ0v) is 9.24. The van der Waals surface area contributed by atoms with E-state index in [1.165, 1.54) is 6.07 Å². The van der Waals surface area contributed by atoms with Crippen LogP contribution < -0.4 is 0 Å². The minimum Gasteiger partial charge on any atom is -0.276 e. The van der Waals surface area contributed by atoms with Crippen LogP contribution in [0.15, 0.2) is 12.1 Å². The van der Waals surface area contributed by atoms with Gasteiger partial charge in [-0.15, -0.1) is 0 Å². The molecule has 0 unspecified atom stereocenters. The summed E-state index contributed by atoms with van der Waals surface area (Å²) in [6, 6.07) is 2.25. The molecule has 12 heavy (non-hydrogen) atoms. The Kier molecular flexibility index (Phi) is 3.31. The predicted octanol–water partition coefficient (Wildman–Crippen LogP) is 3.46. The standard InChI is InChI=1S/C7H2Cl2FIO/c8-4-1-3(10)2-5(11)6(4)7(9)12/h1-2H. The van der Waals surface area contributed by atoms with Crippen molar-refractivity contribution < 1.29 is 9.18 Å². The van der Waals surface area contributed by atoms with E-state index in [0.717, 1.165) is 6.07 Å². The molecule has 1 aromatic carbocycles. The van der Waals surface area contributed by atoms with Crippen LogP contribution in [0.25, 0.3) is 0 Å². The Balaban J connectivity index is 3.38. The summed E-state index contributed by atoms with van der Waals surface area (Å²) in [5, 5.41) is -0.635. The fourth-order valence-corrected chi connectivity index (χ4v) is 2.43. The van der Waals surface area contributed by atoms with Gasteiger partial charge in [0.25, 0.3) is 5.24 Å². The zero-order chi connectivity index (χ0) is 9.30. The van der Waals surface area contributed by atoms with Crippen molar-refractivity contribution in [2.75, 3.05) is 0 Å². The van der Waals surface area contributed by atoms with Crippen molar-refractivity contribution in [3.63, 3.8) is 0 Å². The van der Waals surface area contributed by atoms with Crippen molar-refractivity contribution in [1.29, 1.82) is 0 Å². The molecule has 0 saturated heterocycles. The van der Waals surface area contributed by atoms with Gasteiger partial charge in [-0.1, -0.05) is 11.6 Å². The van der Waals surface area contributed by atoms with Gasteiger partial charge in [0.1, 0.15) is 5.82 Å². The first kappa shape index (κ1) is 10.2. The molecule has 1 nitrogen and oxygen atoms in total. The molecule has 0 bridgehead atoms. The third kappa shape index (κ3) is 2.08. The quantitative estimate of drug-likeness (QED) is 0.572. The SMILES string of the molecule is O=C(Cl)c1c(Cl)cc(F)cc1I. The van der Waals surface area contributed by atoms with Crippen molar-refractivity contribution in [2.24, 2.45) is 0 Å². The maximum Gasteiger partial charge on any atom is 0.254 e. The highest BCUT2D eigenvalue weighted by molar-refractivity contribution is 14.1. The Morgan fingerprint density at radius 3 is 2.50 bits per heavy atom. The van der Waals surface area contributed by atoms with Gasteiger partial charge in [-0.2, -0.15) is 0 Å². The summed E-state index contributed by atoms with van der Waals surface area (Å²) in [5.74, 6) is -0.480. The Bertz CT molecular complexity index is 317. The van der Waals surface area contributed by atoms with Gasteiger partial charge in [-0.3, -0.25) is 4.79 Å². The van der Waals surface area contributed by atoms with E-state index in [1.54, 1.807) is 22.6 Å². The van der Waals surface area contributed by atoms with Crippen LogP contribution in [0.5, 0.6) is 0 Å². The molecule has 0 spiro atoms. The van der Waals surface area contributed by atoms with Crippen molar-refractivity contribution in [2.45, 2.75) is 0 Å². The van der Waals surface area contributed by atoms with Gasteiger partial charge in [0.15, 0.2) is 0 Å². The summed E-state index contributed by atoms with van der Waals surface area (Å²) in [6.07, 6.45) is 0. The minimum absolute atomic E-state index is 0.0411. The van der Waals surface area contributed by atoms with E-state index in [0.29, 0.717) is 3.57 Å². The predicted molar refractivity (Wildman–Crippen MR) is 54.3 cm³/mol. The smallest absolute Gasteiger partial charge is 0.254 e. The third-order valence-electron chi connectivity index (χ3n) is 1.20. The molecule has 1 rings (SSSR count). The monoisotopic (exact) mass is 318 g/mol. The molecule has 0 aliphatic rings. The summed E-state index contributed by atoms with van der Waals surface area (Å²) >= 11 is 12.6. The fourth-order valence-electron chi connectivity index (χ4n) is 0.730. The van der Waals surface area contributed by atoms with E-state index in [2.05, 4.69) is 0 Å². The number of benzene rings is 1. The minimum atomic E-state index is -0.676. The van der Waals surface area contributed by atoms with Gasteiger partial charge in [-0.05, 0) is 46.3 Å². The number of carbonyl (C=O) groups is 1. The van der Waals surface area contributed by atoms with E-state index in [-0.39, 0.29) is 10.6 Å². The Morgan fingerprint density at radius 2 is 2.08 bits per heavy atom. The van der Waals surface area contributed by atoms with Gasteiger partial charge in [-0.25, -0.2) is 4.39 Å². The van der Waals surface area contributed by atoms with E-state index >= 15 is 0 Å². The van der Waals surface area contributed by atoms with Crippen molar-refractivity contribution in [1.82, 2.24) is 0 Å². The molecule has 0 amide bonds. The number of hydrogen-bond acceptors (Lipinski definition) is 1. The Hall–Kier alpha value is 0.130. The summed E-state index contributed by atoms with van der Waals surface area (Å²) in [7, 11) is 0. The largest absolute Gasteiger partial charge is 0.276 e. The van der Waals surface area contributed by atoms with Crippen LogP contribution >= 0.6 is 45.8 Å². The van der Waals surface area contributed by atoms with Gasteiger partial charge >= 0.3 is 0 Å². The molecule has 0 aliphatic heterocycles. The highest BCUT2D eigenvalue weighted by atomic mass is 127. The van der Waals surface area contributed by atoms with E-state index in [4.69, 9.17) is 23.2 Å². The van der Waals surface area contributed by atoms with Crippen LogP contribution in [-0.2, 0) is 0 Å². The molecule has 0 aliphatic carbocycles. The van der Waals surface area contributed by atoms with Gasteiger partial charge in [0.2, 0.25) is 0 Å². The van der Waals surface area contributed by atoms with E-state index < -0.39 is 11.1 Å². The van der Waals surface area contributed by atoms with Gasteiger partial charge in [0.05, 0.1) is 10.6 Å². The molecule has 0 radical (unpaired) electrons. The lowest BCUT2D eigenvalue weighted by molar-refractivity contribution is 0.108. The van der Waals surface area contributed by atoms with Crippen LogP contribution in [0.2, 0.25) is 5.02 Å². The second kappa shape index (κ2) is 3.89. The average molecular weight is 319 g/mol. The first-order valence-corrected chi connectivity index (χ1v) is 4.70. The normalized spacial score (nSPS) is 10.0. The van der Waals surface area contributed by atoms with Gasteiger partial charge in [0, 0.05) is 3.57 Å². The summed E-state index contributed by atoms with van der Waals surface area (Å²) < 4.78 is 13.0. The maximum atomic E-state index is 12.6. The van der Waals surface area contributed by atoms with E-state index in [1.807, 2.05) is 0 Å². The lowest BCUT2D eigenvalue weighted by Crippen LogP contribution is -1.95. The van der Waals surface area contributed by atoms with E-state index in [9.17, 15) is 9.18 Å². The lowest BCUT2D eigenvalue weighted by Gasteiger charge is -2.01. The highest BCUT2D eigenvalue weighted by Crippen LogP contribution is 2.24. The van der Waals surface area contributed by atoms with Crippen molar-refractivity contribution >= 4 is 51.0 Å². The number of rotatable bonds is 1. The van der Waals surface area contributed by atoms with Gasteiger partial charge < -0.3 is 0 Å². The molecule has 0 atom stereocenters. The van der Waals surface area contributed by atoms with Crippen LogP contribution in [-0.4, -0.2) is 5.24 Å². The third-order valence-corrected chi connectivity index (χ3v) is 2.54. The van der Waals surface area contributed by atoms with Crippen LogP contribution in [0.1, 0.15) is 10.4 Å². The summed E-state index contributed by atoms with van der Waals surface area (Å²) in [6.45, 7) is 0. The first-order chi connectivity index (χ1) is 5.52. The van der Waals surface area contributed by atoms with Crippen LogP contribution in [0.3, 0.4) is 0 Å². The lowest BCUT2D eigenvalue weighted by atomic mass is 10.2. The van der Waals surface area contributed by atoms with Crippen LogP contribution in [0.4, 0.5) is 4.39 Å².